The molecule has 0 fully saturated rings. The number of thiocarbonyl (C=S) groups is 1. The van der Waals surface area contributed by atoms with Gasteiger partial charge in [-0.05, 0) is 12.0 Å². The van der Waals surface area contributed by atoms with Gasteiger partial charge in [0, 0.05) is 4.86 Å². The summed E-state index contributed by atoms with van der Waals surface area (Å²) in [5.41, 5.74) is 0.997. The molecule has 1 rings (SSSR count). The maximum Gasteiger partial charge on any atom is 0.102 e. The monoisotopic (exact) mass is 189 g/mol. The summed E-state index contributed by atoms with van der Waals surface area (Å²) < 4.78 is 0. The Hall–Kier alpha value is -1.20. The fourth-order valence-corrected chi connectivity index (χ4v) is 1.37. The Kier molecular flexibility index (Phi) is 3.60. The van der Waals surface area contributed by atoms with Crippen LogP contribution in [0, 0.1) is 11.3 Å². The van der Waals surface area contributed by atoms with Crippen molar-refractivity contribution in [3.8, 4) is 6.07 Å². The van der Waals surface area contributed by atoms with E-state index in [1.54, 1.807) is 0 Å². The lowest BCUT2D eigenvalue weighted by molar-refractivity contribution is 1.11. The lowest BCUT2D eigenvalue weighted by Crippen LogP contribution is -2.06. The number of rotatable bonds is 3. The first-order chi connectivity index (χ1) is 6.29. The van der Waals surface area contributed by atoms with Crippen LogP contribution in [0.3, 0.4) is 0 Å². The Morgan fingerprint density at radius 2 is 2.08 bits per heavy atom. The number of nitrogens with zero attached hydrogens (tertiary/aromatic N) is 1. The number of hydrogen-bond donors (Lipinski definition) is 0. The van der Waals surface area contributed by atoms with E-state index in [1.807, 2.05) is 37.3 Å². The first kappa shape index (κ1) is 9.88. The van der Waals surface area contributed by atoms with Crippen molar-refractivity contribution in [1.82, 2.24) is 0 Å². The molecule has 2 heteroatoms. The van der Waals surface area contributed by atoms with Crippen LogP contribution in [-0.2, 0) is 0 Å². The number of nitriles is 1. The smallest absolute Gasteiger partial charge is 0.102 e. The van der Waals surface area contributed by atoms with Crippen LogP contribution in [0.15, 0.2) is 30.3 Å². The predicted octanol–water partition coefficient (Wildman–Crippen LogP) is 3.07. The molecule has 0 aliphatic carbocycles. The minimum Gasteiger partial charge on any atom is -0.197 e. The van der Waals surface area contributed by atoms with Crippen molar-refractivity contribution < 1.29 is 0 Å². The maximum atomic E-state index is 8.94. The number of hydrogen-bond acceptors (Lipinski definition) is 2. The maximum absolute atomic E-state index is 8.94. The van der Waals surface area contributed by atoms with Gasteiger partial charge in [0.1, 0.15) is 5.92 Å². The summed E-state index contributed by atoms with van der Waals surface area (Å²) in [5, 5.41) is 8.94. The molecule has 1 nitrogen and oxygen atoms in total. The highest BCUT2D eigenvalue weighted by molar-refractivity contribution is 7.80. The Morgan fingerprint density at radius 1 is 1.46 bits per heavy atom. The van der Waals surface area contributed by atoms with E-state index in [9.17, 15) is 0 Å². The summed E-state index contributed by atoms with van der Waals surface area (Å²) in [6, 6.07) is 11.9. The predicted molar refractivity (Wildman–Crippen MR) is 57.7 cm³/mol. The molecule has 1 unspecified atom stereocenters. The van der Waals surface area contributed by atoms with Crippen LogP contribution in [0.4, 0.5) is 0 Å². The van der Waals surface area contributed by atoms with Crippen molar-refractivity contribution in [2.45, 2.75) is 19.3 Å². The van der Waals surface area contributed by atoms with E-state index >= 15 is 0 Å². The number of benzene rings is 1. The molecular formula is C11H11NS. The average molecular weight is 189 g/mol. The molecule has 0 bridgehead atoms. The van der Waals surface area contributed by atoms with Crippen LogP contribution < -0.4 is 0 Å². The summed E-state index contributed by atoms with van der Waals surface area (Å²) >= 11 is 5.14. The van der Waals surface area contributed by atoms with Crippen molar-refractivity contribution in [2.75, 3.05) is 0 Å². The standard InChI is InChI=1S/C11H11NS/c1-2-11(13)10(8-12)9-6-4-3-5-7-9/h3-7,10H,2H2,1H3. The SMILES string of the molecule is CCC(=S)C(C#N)c1ccccc1. The Bertz CT molecular complexity index is 324. The Balaban J connectivity index is 2.93. The highest BCUT2D eigenvalue weighted by Gasteiger charge is 2.13. The molecule has 0 aliphatic rings. The van der Waals surface area contributed by atoms with Crippen molar-refractivity contribution in [3.63, 3.8) is 0 Å². The van der Waals surface area contributed by atoms with Gasteiger partial charge >= 0.3 is 0 Å². The first-order valence-corrected chi connectivity index (χ1v) is 4.67. The van der Waals surface area contributed by atoms with E-state index in [0.29, 0.717) is 0 Å². The van der Waals surface area contributed by atoms with Gasteiger partial charge in [-0.1, -0.05) is 49.5 Å². The van der Waals surface area contributed by atoms with Crippen molar-refractivity contribution in [2.24, 2.45) is 0 Å². The zero-order valence-corrected chi connectivity index (χ0v) is 8.34. The van der Waals surface area contributed by atoms with Gasteiger partial charge in [-0.2, -0.15) is 5.26 Å². The molecule has 0 spiro atoms. The second-order valence-corrected chi connectivity index (χ2v) is 3.32. The first-order valence-electron chi connectivity index (χ1n) is 4.27. The van der Waals surface area contributed by atoms with E-state index in [2.05, 4.69) is 6.07 Å². The molecule has 0 amide bonds. The normalized spacial score (nSPS) is 11.7. The Labute approximate surface area is 84.0 Å². The van der Waals surface area contributed by atoms with Gasteiger partial charge in [0.25, 0.3) is 0 Å². The van der Waals surface area contributed by atoms with E-state index in [1.165, 1.54) is 0 Å². The average Bonchev–Trinajstić information content (AvgIpc) is 2.20. The van der Waals surface area contributed by atoms with Gasteiger partial charge in [-0.15, -0.1) is 0 Å². The van der Waals surface area contributed by atoms with E-state index in [-0.39, 0.29) is 5.92 Å². The van der Waals surface area contributed by atoms with Crippen molar-refractivity contribution in [1.29, 1.82) is 5.26 Å². The van der Waals surface area contributed by atoms with Crippen LogP contribution in [0.25, 0.3) is 0 Å². The highest BCUT2D eigenvalue weighted by Crippen LogP contribution is 2.17. The summed E-state index contributed by atoms with van der Waals surface area (Å²) in [4.78, 5) is 0.814. The molecule has 0 N–H and O–H groups in total. The van der Waals surface area contributed by atoms with Crippen molar-refractivity contribution in [3.05, 3.63) is 35.9 Å². The van der Waals surface area contributed by atoms with Gasteiger partial charge in [-0.25, -0.2) is 0 Å². The fourth-order valence-electron chi connectivity index (χ4n) is 1.18. The second kappa shape index (κ2) is 4.74. The largest absolute Gasteiger partial charge is 0.197 e. The summed E-state index contributed by atoms with van der Waals surface area (Å²) in [6.45, 7) is 1.98. The Morgan fingerprint density at radius 3 is 2.54 bits per heavy atom. The molecule has 0 saturated carbocycles. The third-order valence-electron chi connectivity index (χ3n) is 1.93. The van der Waals surface area contributed by atoms with Gasteiger partial charge in [0.05, 0.1) is 6.07 Å². The molecule has 0 heterocycles. The third-order valence-corrected chi connectivity index (χ3v) is 2.46. The summed E-state index contributed by atoms with van der Waals surface area (Å²) in [7, 11) is 0. The second-order valence-electron chi connectivity index (χ2n) is 2.79. The topological polar surface area (TPSA) is 23.8 Å². The molecule has 0 radical (unpaired) electrons. The fraction of sp³-hybridized carbons (Fsp3) is 0.273. The zero-order valence-electron chi connectivity index (χ0n) is 7.53. The molecule has 66 valence electrons. The molecule has 0 aliphatic heterocycles. The van der Waals surface area contributed by atoms with Gasteiger partial charge in [0.2, 0.25) is 0 Å². The van der Waals surface area contributed by atoms with Gasteiger partial charge in [-0.3, -0.25) is 0 Å². The molecule has 1 aromatic rings. The van der Waals surface area contributed by atoms with Gasteiger partial charge < -0.3 is 0 Å². The van der Waals surface area contributed by atoms with Crippen LogP contribution in [0.1, 0.15) is 24.8 Å². The van der Waals surface area contributed by atoms with Crippen molar-refractivity contribution >= 4 is 17.1 Å². The summed E-state index contributed by atoms with van der Waals surface area (Å²) in [6.07, 6.45) is 0.780. The van der Waals surface area contributed by atoms with Crippen LogP contribution in [0.5, 0.6) is 0 Å². The van der Waals surface area contributed by atoms with Crippen LogP contribution in [0.2, 0.25) is 0 Å². The minimum absolute atomic E-state index is 0.221. The molecule has 1 atom stereocenters. The lowest BCUT2D eigenvalue weighted by atomic mass is 9.96. The zero-order chi connectivity index (χ0) is 9.68. The molecular weight excluding hydrogens is 178 g/mol. The lowest BCUT2D eigenvalue weighted by Gasteiger charge is -2.08. The molecule has 0 aromatic heterocycles. The van der Waals surface area contributed by atoms with Crippen LogP contribution in [-0.4, -0.2) is 4.86 Å². The third kappa shape index (κ3) is 2.37. The molecule has 13 heavy (non-hydrogen) atoms. The highest BCUT2D eigenvalue weighted by atomic mass is 32.1. The summed E-state index contributed by atoms with van der Waals surface area (Å²) in [5.74, 6) is -0.221. The van der Waals surface area contributed by atoms with Crippen LogP contribution >= 0.6 is 12.2 Å². The van der Waals surface area contributed by atoms with E-state index < -0.39 is 0 Å². The van der Waals surface area contributed by atoms with Gasteiger partial charge in [0.15, 0.2) is 0 Å². The molecule has 1 aromatic carbocycles. The minimum atomic E-state index is -0.221. The molecule has 0 saturated heterocycles. The van der Waals surface area contributed by atoms with E-state index in [0.717, 1.165) is 16.8 Å². The quantitative estimate of drug-likeness (QED) is 0.682. The van der Waals surface area contributed by atoms with E-state index in [4.69, 9.17) is 17.5 Å².